The first-order valence-electron chi connectivity index (χ1n) is 6.31. The monoisotopic (exact) mass is 291 g/mol. The van der Waals surface area contributed by atoms with Crippen LogP contribution in [0.4, 0.5) is 5.69 Å². The molecule has 1 amide bonds. The van der Waals surface area contributed by atoms with Gasteiger partial charge in [0.1, 0.15) is 5.54 Å². The summed E-state index contributed by atoms with van der Waals surface area (Å²) in [4.78, 5) is 16.6. The Morgan fingerprint density at radius 3 is 3.10 bits per heavy atom. The third-order valence-electron chi connectivity index (χ3n) is 3.42. The van der Waals surface area contributed by atoms with E-state index in [2.05, 4.69) is 10.3 Å². The van der Waals surface area contributed by atoms with Crippen molar-refractivity contribution >= 4 is 34.1 Å². The number of amides is 1. The summed E-state index contributed by atoms with van der Waals surface area (Å²) >= 11 is 6.07. The van der Waals surface area contributed by atoms with Gasteiger partial charge in [0.15, 0.2) is 0 Å². The average molecular weight is 292 g/mol. The third kappa shape index (κ3) is 2.35. The number of ether oxygens (including phenoxy) is 1. The Balaban J connectivity index is 1.96. The first-order chi connectivity index (χ1) is 9.58. The summed E-state index contributed by atoms with van der Waals surface area (Å²) in [7, 11) is 0. The molecule has 6 heteroatoms. The molecule has 104 valence electrons. The Bertz CT molecular complexity index is 669. The largest absolute Gasteiger partial charge is 0.379 e. The second kappa shape index (κ2) is 5.01. The van der Waals surface area contributed by atoms with Gasteiger partial charge in [-0.1, -0.05) is 17.7 Å². The van der Waals surface area contributed by atoms with Gasteiger partial charge in [-0.25, -0.2) is 0 Å². The number of fused-ring (bicyclic) bond motifs is 1. The minimum Gasteiger partial charge on any atom is -0.379 e. The lowest BCUT2D eigenvalue weighted by atomic mass is 9.99. The zero-order valence-electron chi connectivity index (χ0n) is 10.7. The van der Waals surface area contributed by atoms with E-state index in [0.717, 1.165) is 5.39 Å². The van der Waals surface area contributed by atoms with Crippen LogP contribution in [0.5, 0.6) is 0 Å². The Morgan fingerprint density at radius 2 is 2.35 bits per heavy atom. The van der Waals surface area contributed by atoms with Crippen LogP contribution < -0.4 is 11.1 Å². The van der Waals surface area contributed by atoms with Crippen molar-refractivity contribution in [3.8, 4) is 0 Å². The first-order valence-corrected chi connectivity index (χ1v) is 6.69. The van der Waals surface area contributed by atoms with Crippen LogP contribution in [0.25, 0.3) is 10.9 Å². The molecule has 0 bridgehead atoms. The molecule has 1 saturated heterocycles. The number of hydrogen-bond acceptors (Lipinski definition) is 4. The van der Waals surface area contributed by atoms with Crippen LogP contribution in [0, 0.1) is 0 Å². The van der Waals surface area contributed by atoms with E-state index in [1.807, 2.05) is 12.1 Å². The zero-order valence-corrected chi connectivity index (χ0v) is 11.5. The fraction of sp³-hybridized carbons (Fsp3) is 0.286. The number of benzene rings is 1. The molecule has 2 aromatic rings. The van der Waals surface area contributed by atoms with Gasteiger partial charge in [-0.3, -0.25) is 9.78 Å². The van der Waals surface area contributed by atoms with Gasteiger partial charge in [0.2, 0.25) is 5.91 Å². The Kier molecular flexibility index (Phi) is 3.33. The van der Waals surface area contributed by atoms with E-state index in [-0.39, 0.29) is 12.5 Å². The van der Waals surface area contributed by atoms with Gasteiger partial charge in [-0.15, -0.1) is 0 Å². The molecular formula is C14H14ClN3O2. The number of rotatable bonds is 2. The summed E-state index contributed by atoms with van der Waals surface area (Å²) < 4.78 is 5.20. The summed E-state index contributed by atoms with van der Waals surface area (Å²) in [6.07, 6.45) is 2.17. The maximum Gasteiger partial charge on any atom is 0.247 e. The minimum absolute atomic E-state index is 0.227. The van der Waals surface area contributed by atoms with Gasteiger partial charge in [0, 0.05) is 23.2 Å². The molecule has 1 unspecified atom stereocenters. The second-order valence-electron chi connectivity index (χ2n) is 4.94. The number of hydrogen-bond donors (Lipinski definition) is 2. The van der Waals surface area contributed by atoms with Crippen molar-refractivity contribution in [3.63, 3.8) is 0 Å². The lowest BCUT2D eigenvalue weighted by Crippen LogP contribution is -2.51. The van der Waals surface area contributed by atoms with E-state index in [0.29, 0.717) is 29.3 Å². The summed E-state index contributed by atoms with van der Waals surface area (Å²) in [5, 5.41) is 4.22. The number of nitrogens with two attached hydrogens (primary N) is 1. The molecule has 20 heavy (non-hydrogen) atoms. The van der Waals surface area contributed by atoms with Crippen LogP contribution in [0.3, 0.4) is 0 Å². The van der Waals surface area contributed by atoms with Crippen LogP contribution in [-0.4, -0.2) is 29.6 Å². The highest BCUT2D eigenvalue weighted by Gasteiger charge is 2.38. The molecule has 1 fully saturated rings. The van der Waals surface area contributed by atoms with Crippen molar-refractivity contribution in [1.82, 2.24) is 4.98 Å². The van der Waals surface area contributed by atoms with E-state index in [9.17, 15) is 4.79 Å². The number of aromatic nitrogens is 1. The number of nitrogens with one attached hydrogen (secondary N) is 1. The van der Waals surface area contributed by atoms with Gasteiger partial charge < -0.3 is 15.8 Å². The maximum atomic E-state index is 12.3. The van der Waals surface area contributed by atoms with Crippen LogP contribution in [-0.2, 0) is 9.53 Å². The van der Waals surface area contributed by atoms with Crippen molar-refractivity contribution in [3.05, 3.63) is 35.5 Å². The van der Waals surface area contributed by atoms with E-state index in [1.54, 1.807) is 18.3 Å². The Hall–Kier alpha value is -1.69. The fourth-order valence-corrected chi connectivity index (χ4v) is 2.48. The summed E-state index contributed by atoms with van der Waals surface area (Å²) in [5.74, 6) is -0.274. The molecule has 0 spiro atoms. The number of halogens is 1. The molecule has 0 saturated carbocycles. The third-order valence-corrected chi connectivity index (χ3v) is 3.64. The number of carbonyl (C=O) groups excluding carboxylic acids is 1. The standard InChI is InChI=1S/C14H14ClN3O2/c15-10-6-9-2-1-4-17-12(9)11(7-10)18-13(19)14(16)3-5-20-8-14/h1-2,4,6-7H,3,5,8,16H2,(H,18,19). The van der Waals surface area contributed by atoms with Crippen molar-refractivity contribution in [2.75, 3.05) is 18.5 Å². The predicted molar refractivity (Wildman–Crippen MR) is 77.7 cm³/mol. The molecule has 0 radical (unpaired) electrons. The summed E-state index contributed by atoms with van der Waals surface area (Å²) in [6, 6.07) is 7.19. The van der Waals surface area contributed by atoms with E-state index in [1.165, 1.54) is 0 Å². The normalized spacial score (nSPS) is 22.1. The lowest BCUT2D eigenvalue weighted by Gasteiger charge is -2.21. The lowest BCUT2D eigenvalue weighted by molar-refractivity contribution is -0.121. The summed E-state index contributed by atoms with van der Waals surface area (Å²) in [5.41, 5.74) is 6.31. The molecule has 2 heterocycles. The van der Waals surface area contributed by atoms with Crippen LogP contribution >= 0.6 is 11.6 Å². The van der Waals surface area contributed by atoms with Crippen LogP contribution in [0.1, 0.15) is 6.42 Å². The molecule has 1 aliphatic heterocycles. The number of carbonyl (C=O) groups is 1. The Labute approximate surface area is 121 Å². The summed E-state index contributed by atoms with van der Waals surface area (Å²) in [6.45, 7) is 0.725. The molecule has 3 rings (SSSR count). The molecule has 1 aromatic heterocycles. The van der Waals surface area contributed by atoms with Gasteiger partial charge in [-0.05, 0) is 24.6 Å². The molecule has 1 atom stereocenters. The predicted octanol–water partition coefficient (Wildman–Crippen LogP) is 1.94. The van der Waals surface area contributed by atoms with E-state index >= 15 is 0 Å². The molecular weight excluding hydrogens is 278 g/mol. The molecule has 3 N–H and O–H groups in total. The first kappa shape index (κ1) is 13.3. The number of pyridine rings is 1. The smallest absolute Gasteiger partial charge is 0.247 e. The SMILES string of the molecule is NC1(C(=O)Nc2cc(Cl)cc3cccnc23)CCOC1. The quantitative estimate of drug-likeness (QED) is 0.886. The average Bonchev–Trinajstić information content (AvgIpc) is 2.87. The fourth-order valence-electron chi connectivity index (χ4n) is 2.26. The van der Waals surface area contributed by atoms with Gasteiger partial charge in [0.25, 0.3) is 0 Å². The molecule has 0 aliphatic carbocycles. The van der Waals surface area contributed by atoms with Crippen molar-refractivity contribution in [2.45, 2.75) is 12.0 Å². The van der Waals surface area contributed by atoms with E-state index < -0.39 is 5.54 Å². The molecule has 1 aliphatic rings. The van der Waals surface area contributed by atoms with Crippen LogP contribution in [0.15, 0.2) is 30.5 Å². The Morgan fingerprint density at radius 1 is 1.50 bits per heavy atom. The molecule has 5 nitrogen and oxygen atoms in total. The van der Waals surface area contributed by atoms with Gasteiger partial charge >= 0.3 is 0 Å². The van der Waals surface area contributed by atoms with E-state index in [4.69, 9.17) is 22.1 Å². The molecule has 1 aromatic carbocycles. The highest BCUT2D eigenvalue weighted by molar-refractivity contribution is 6.32. The number of anilines is 1. The number of nitrogens with zero attached hydrogens (tertiary/aromatic N) is 1. The highest BCUT2D eigenvalue weighted by atomic mass is 35.5. The van der Waals surface area contributed by atoms with Crippen molar-refractivity contribution < 1.29 is 9.53 Å². The topological polar surface area (TPSA) is 77.2 Å². The zero-order chi connectivity index (χ0) is 14.2. The van der Waals surface area contributed by atoms with Gasteiger partial charge in [0.05, 0.1) is 17.8 Å². The van der Waals surface area contributed by atoms with Crippen molar-refractivity contribution in [2.24, 2.45) is 5.73 Å². The van der Waals surface area contributed by atoms with Gasteiger partial charge in [-0.2, -0.15) is 0 Å². The van der Waals surface area contributed by atoms with Crippen molar-refractivity contribution in [1.29, 1.82) is 0 Å². The minimum atomic E-state index is -0.983. The maximum absolute atomic E-state index is 12.3. The van der Waals surface area contributed by atoms with Crippen LogP contribution in [0.2, 0.25) is 5.02 Å². The second-order valence-corrected chi connectivity index (χ2v) is 5.38. The highest BCUT2D eigenvalue weighted by Crippen LogP contribution is 2.27.